The Labute approximate surface area is 194 Å². The summed E-state index contributed by atoms with van der Waals surface area (Å²) in [6.07, 6.45) is 7.25. The first-order valence-electron chi connectivity index (χ1n) is 10.4. The molecule has 33 heavy (non-hydrogen) atoms. The van der Waals surface area contributed by atoms with E-state index in [2.05, 4.69) is 20.5 Å². The average molecular weight is 453 g/mol. The highest BCUT2D eigenvalue weighted by molar-refractivity contribution is 7.99. The van der Waals surface area contributed by atoms with Crippen LogP contribution in [-0.2, 0) is 6.54 Å². The SMILES string of the molecule is O=C(NCc1ccco1)c1ccccc1Sc1ccc2c(/C=C/c3ccccn3)n[nH]c2c1. The summed E-state index contributed by atoms with van der Waals surface area (Å²) in [5, 5.41) is 11.5. The van der Waals surface area contributed by atoms with Gasteiger partial charge in [0.1, 0.15) is 5.76 Å². The molecule has 0 radical (unpaired) electrons. The van der Waals surface area contributed by atoms with E-state index in [1.165, 1.54) is 0 Å². The third-order valence-electron chi connectivity index (χ3n) is 5.03. The normalized spacial score (nSPS) is 11.3. The van der Waals surface area contributed by atoms with Crippen molar-refractivity contribution in [2.75, 3.05) is 0 Å². The van der Waals surface area contributed by atoms with Gasteiger partial charge in [-0.2, -0.15) is 5.10 Å². The summed E-state index contributed by atoms with van der Waals surface area (Å²) >= 11 is 1.54. The van der Waals surface area contributed by atoms with E-state index in [4.69, 9.17) is 4.42 Å². The first-order valence-corrected chi connectivity index (χ1v) is 11.2. The van der Waals surface area contributed by atoms with Gasteiger partial charge in [0.25, 0.3) is 5.91 Å². The Morgan fingerprint density at radius 2 is 1.94 bits per heavy atom. The van der Waals surface area contributed by atoms with E-state index in [0.717, 1.165) is 32.1 Å². The van der Waals surface area contributed by atoms with Crippen molar-refractivity contribution in [2.45, 2.75) is 16.3 Å². The fraction of sp³-hybridized carbons (Fsp3) is 0.0385. The van der Waals surface area contributed by atoms with Crippen LogP contribution < -0.4 is 5.32 Å². The molecule has 0 aliphatic carbocycles. The number of amides is 1. The van der Waals surface area contributed by atoms with Crippen LogP contribution in [0.25, 0.3) is 23.1 Å². The third-order valence-corrected chi connectivity index (χ3v) is 6.09. The number of rotatable bonds is 7. The van der Waals surface area contributed by atoms with Gasteiger partial charge in [-0.25, -0.2) is 0 Å². The van der Waals surface area contributed by atoms with Gasteiger partial charge in [-0.15, -0.1) is 0 Å². The number of hydrogen-bond acceptors (Lipinski definition) is 5. The second-order valence-electron chi connectivity index (χ2n) is 7.26. The Bertz CT molecular complexity index is 1410. The summed E-state index contributed by atoms with van der Waals surface area (Å²) in [5.41, 5.74) is 3.28. The number of aromatic amines is 1. The van der Waals surface area contributed by atoms with Crippen LogP contribution >= 0.6 is 11.8 Å². The predicted molar refractivity (Wildman–Crippen MR) is 130 cm³/mol. The lowest BCUT2D eigenvalue weighted by Crippen LogP contribution is -2.23. The Morgan fingerprint density at radius 3 is 2.79 bits per heavy atom. The van der Waals surface area contributed by atoms with Crippen molar-refractivity contribution in [3.8, 4) is 0 Å². The van der Waals surface area contributed by atoms with Crippen molar-refractivity contribution < 1.29 is 9.21 Å². The van der Waals surface area contributed by atoms with E-state index in [-0.39, 0.29) is 5.91 Å². The molecule has 0 spiro atoms. The number of nitrogens with zero attached hydrogens (tertiary/aromatic N) is 2. The molecule has 0 aliphatic rings. The molecule has 0 aliphatic heterocycles. The molecule has 1 amide bonds. The maximum atomic E-state index is 12.8. The predicted octanol–water partition coefficient (Wildman–Crippen LogP) is 5.80. The summed E-state index contributed by atoms with van der Waals surface area (Å²) in [6, 6.07) is 23.1. The summed E-state index contributed by atoms with van der Waals surface area (Å²) in [5.74, 6) is 0.574. The van der Waals surface area contributed by atoms with Gasteiger partial charge < -0.3 is 9.73 Å². The number of fused-ring (bicyclic) bond motifs is 1. The van der Waals surface area contributed by atoms with E-state index < -0.39 is 0 Å². The smallest absolute Gasteiger partial charge is 0.252 e. The third kappa shape index (κ3) is 4.88. The zero-order valence-corrected chi connectivity index (χ0v) is 18.4. The average Bonchev–Trinajstić information content (AvgIpc) is 3.52. The molecule has 3 aromatic heterocycles. The monoisotopic (exact) mass is 452 g/mol. The summed E-state index contributed by atoms with van der Waals surface area (Å²) in [7, 11) is 0. The zero-order valence-electron chi connectivity index (χ0n) is 17.6. The highest BCUT2D eigenvalue weighted by Gasteiger charge is 2.13. The van der Waals surface area contributed by atoms with Crippen LogP contribution in [0.15, 0.2) is 99.5 Å². The number of benzene rings is 2. The maximum absolute atomic E-state index is 12.8. The number of furan rings is 1. The lowest BCUT2D eigenvalue weighted by molar-refractivity contribution is 0.0945. The van der Waals surface area contributed by atoms with Gasteiger partial charge >= 0.3 is 0 Å². The van der Waals surface area contributed by atoms with E-state index in [0.29, 0.717) is 17.9 Å². The second-order valence-corrected chi connectivity index (χ2v) is 8.38. The van der Waals surface area contributed by atoms with Crippen molar-refractivity contribution in [1.29, 1.82) is 0 Å². The van der Waals surface area contributed by atoms with Crippen LogP contribution in [0.1, 0.15) is 27.5 Å². The molecular formula is C26H20N4O2S. The van der Waals surface area contributed by atoms with E-state index in [9.17, 15) is 4.79 Å². The molecule has 3 heterocycles. The molecule has 0 bridgehead atoms. The lowest BCUT2D eigenvalue weighted by atomic mass is 10.2. The molecule has 0 unspecified atom stereocenters. The van der Waals surface area contributed by atoms with Crippen molar-refractivity contribution in [2.24, 2.45) is 0 Å². The van der Waals surface area contributed by atoms with Crippen LogP contribution in [0.2, 0.25) is 0 Å². The molecule has 7 heteroatoms. The first kappa shape index (κ1) is 20.8. The Morgan fingerprint density at radius 1 is 1.03 bits per heavy atom. The topological polar surface area (TPSA) is 83.8 Å². The van der Waals surface area contributed by atoms with Gasteiger partial charge in [0.2, 0.25) is 0 Å². The van der Waals surface area contributed by atoms with Crippen LogP contribution in [0.5, 0.6) is 0 Å². The first-order chi connectivity index (χ1) is 16.3. The molecule has 6 nitrogen and oxygen atoms in total. The van der Waals surface area contributed by atoms with Crippen LogP contribution in [0, 0.1) is 0 Å². The van der Waals surface area contributed by atoms with Gasteiger partial charge in [-0.05, 0) is 66.7 Å². The molecule has 2 N–H and O–H groups in total. The molecule has 0 fully saturated rings. The fourth-order valence-electron chi connectivity index (χ4n) is 3.40. The van der Waals surface area contributed by atoms with Gasteiger partial charge in [-0.3, -0.25) is 14.9 Å². The van der Waals surface area contributed by atoms with Crippen LogP contribution in [0.3, 0.4) is 0 Å². The second kappa shape index (κ2) is 9.58. The van der Waals surface area contributed by atoms with Gasteiger partial charge in [0.15, 0.2) is 0 Å². The number of H-pyrrole nitrogens is 1. The molecule has 0 saturated heterocycles. The van der Waals surface area contributed by atoms with Crippen LogP contribution in [0.4, 0.5) is 0 Å². The molecule has 2 aromatic carbocycles. The maximum Gasteiger partial charge on any atom is 0.252 e. The number of carbonyl (C=O) groups is 1. The largest absolute Gasteiger partial charge is 0.467 e. The minimum atomic E-state index is -0.140. The Kier molecular flexibility index (Phi) is 6.04. The molecule has 5 rings (SSSR count). The Hall–Kier alpha value is -4.10. The summed E-state index contributed by atoms with van der Waals surface area (Å²) in [4.78, 5) is 19.0. The number of hydrogen-bond donors (Lipinski definition) is 2. The van der Waals surface area contributed by atoms with E-state index in [1.54, 1.807) is 30.3 Å². The number of nitrogens with one attached hydrogen (secondary N) is 2. The minimum absolute atomic E-state index is 0.140. The van der Waals surface area contributed by atoms with Crippen molar-refractivity contribution >= 4 is 40.7 Å². The highest BCUT2D eigenvalue weighted by atomic mass is 32.2. The standard InChI is InChI=1S/C26H20N4O2S/c31-26(28-17-19-7-5-15-32-19)22-8-1-2-9-25(22)33-20-11-12-21-23(29-30-24(21)16-20)13-10-18-6-3-4-14-27-18/h1-16H,17H2,(H,28,31)(H,29,30)/b13-10+. The summed E-state index contributed by atoms with van der Waals surface area (Å²) < 4.78 is 5.29. The minimum Gasteiger partial charge on any atom is -0.467 e. The van der Waals surface area contributed by atoms with Gasteiger partial charge in [0.05, 0.1) is 35.3 Å². The number of carbonyl (C=O) groups excluding carboxylic acids is 1. The number of pyridine rings is 1. The fourth-order valence-corrected chi connectivity index (χ4v) is 4.38. The van der Waals surface area contributed by atoms with Crippen molar-refractivity contribution in [1.82, 2.24) is 20.5 Å². The zero-order chi connectivity index (χ0) is 22.5. The lowest BCUT2D eigenvalue weighted by Gasteiger charge is -2.09. The molecule has 5 aromatic rings. The van der Waals surface area contributed by atoms with Crippen molar-refractivity contribution in [3.05, 3.63) is 108 Å². The number of aromatic nitrogens is 3. The molecule has 162 valence electrons. The van der Waals surface area contributed by atoms with Crippen LogP contribution in [-0.4, -0.2) is 21.1 Å². The van der Waals surface area contributed by atoms with E-state index in [1.807, 2.05) is 78.9 Å². The molecule has 0 saturated carbocycles. The summed E-state index contributed by atoms with van der Waals surface area (Å²) in [6.45, 7) is 0.347. The molecule has 0 atom stereocenters. The quantitative estimate of drug-likeness (QED) is 0.326. The molecular weight excluding hydrogens is 432 g/mol. The Balaban J connectivity index is 1.33. The van der Waals surface area contributed by atoms with Gasteiger partial charge in [-0.1, -0.05) is 30.0 Å². The van der Waals surface area contributed by atoms with Crippen molar-refractivity contribution in [3.63, 3.8) is 0 Å². The van der Waals surface area contributed by atoms with Gasteiger partial charge in [0, 0.05) is 21.4 Å². The van der Waals surface area contributed by atoms with E-state index >= 15 is 0 Å². The highest BCUT2D eigenvalue weighted by Crippen LogP contribution is 2.33.